The largest absolute Gasteiger partial charge is 0.491 e. The molecule has 1 aliphatic heterocycles. The third kappa shape index (κ3) is 2.42. The first-order chi connectivity index (χ1) is 10.3. The molecular formula is C15H12ClF3N2O. The van der Waals surface area contributed by atoms with E-state index in [-0.39, 0.29) is 5.02 Å². The maximum absolute atomic E-state index is 12.8. The van der Waals surface area contributed by atoms with Gasteiger partial charge in [-0.1, -0.05) is 17.7 Å². The van der Waals surface area contributed by atoms with E-state index in [2.05, 4.69) is 4.98 Å². The molecule has 1 aromatic carbocycles. The Balaban J connectivity index is 2.10. The Labute approximate surface area is 129 Å². The van der Waals surface area contributed by atoms with Crippen molar-refractivity contribution in [2.45, 2.75) is 18.1 Å². The van der Waals surface area contributed by atoms with E-state index in [9.17, 15) is 13.2 Å². The highest BCUT2D eigenvalue weighted by atomic mass is 35.5. The molecule has 22 heavy (non-hydrogen) atoms. The van der Waals surface area contributed by atoms with Crippen LogP contribution in [0.5, 0.6) is 5.75 Å². The first-order valence-corrected chi connectivity index (χ1v) is 6.94. The number of rotatable bonds is 1. The predicted molar refractivity (Wildman–Crippen MR) is 75.8 cm³/mol. The van der Waals surface area contributed by atoms with Gasteiger partial charge in [-0.2, -0.15) is 13.2 Å². The molecule has 0 saturated heterocycles. The number of benzene rings is 1. The molecular weight excluding hydrogens is 317 g/mol. The minimum absolute atomic E-state index is 0.355. The molecule has 2 aromatic rings. The van der Waals surface area contributed by atoms with Gasteiger partial charge >= 0.3 is 6.18 Å². The number of hydrogen-bond donors (Lipinski definition) is 1. The monoisotopic (exact) mass is 328 g/mol. The molecule has 7 heteroatoms. The van der Waals surface area contributed by atoms with Gasteiger partial charge in [0.05, 0.1) is 22.7 Å². The zero-order chi connectivity index (χ0) is 16.0. The van der Waals surface area contributed by atoms with Gasteiger partial charge in [0.15, 0.2) is 0 Å². The summed E-state index contributed by atoms with van der Waals surface area (Å²) >= 11 is 5.80. The Kier molecular flexibility index (Phi) is 3.53. The lowest BCUT2D eigenvalue weighted by Crippen LogP contribution is -2.43. The second-order valence-corrected chi connectivity index (χ2v) is 5.52. The fourth-order valence-corrected chi connectivity index (χ4v) is 2.87. The number of hydrogen-bond acceptors (Lipinski definition) is 3. The quantitative estimate of drug-likeness (QED) is 0.867. The van der Waals surface area contributed by atoms with Crippen LogP contribution in [-0.4, -0.2) is 11.6 Å². The van der Waals surface area contributed by atoms with E-state index in [1.165, 1.54) is 12.1 Å². The van der Waals surface area contributed by atoms with Crippen molar-refractivity contribution in [1.29, 1.82) is 0 Å². The molecule has 0 unspecified atom stereocenters. The minimum atomic E-state index is -4.50. The molecule has 1 aliphatic rings. The van der Waals surface area contributed by atoms with Crippen LogP contribution in [0.4, 0.5) is 13.2 Å². The van der Waals surface area contributed by atoms with E-state index in [4.69, 9.17) is 22.1 Å². The normalized spacial score (nSPS) is 21.1. The molecule has 0 radical (unpaired) electrons. The molecule has 1 atom stereocenters. The number of fused-ring (bicyclic) bond motifs is 1. The zero-order valence-electron chi connectivity index (χ0n) is 11.3. The molecule has 0 spiro atoms. The summed E-state index contributed by atoms with van der Waals surface area (Å²) in [6.45, 7) is 0.355. The van der Waals surface area contributed by atoms with Crippen LogP contribution in [0, 0.1) is 0 Å². The van der Waals surface area contributed by atoms with Gasteiger partial charge in [-0.3, -0.25) is 4.98 Å². The van der Waals surface area contributed by atoms with Gasteiger partial charge in [0, 0.05) is 12.6 Å². The van der Waals surface area contributed by atoms with E-state index in [0.29, 0.717) is 30.0 Å². The van der Waals surface area contributed by atoms with Crippen molar-refractivity contribution in [3.05, 3.63) is 58.4 Å². The number of aromatic nitrogens is 1. The maximum Gasteiger partial charge on any atom is 0.417 e. The van der Waals surface area contributed by atoms with Crippen molar-refractivity contribution in [2.75, 3.05) is 6.61 Å². The maximum atomic E-state index is 12.8. The number of pyridine rings is 1. The third-order valence-electron chi connectivity index (χ3n) is 3.74. The van der Waals surface area contributed by atoms with Crippen molar-refractivity contribution >= 4 is 11.6 Å². The lowest BCUT2D eigenvalue weighted by molar-refractivity contribution is -0.137. The van der Waals surface area contributed by atoms with Crippen LogP contribution in [0.25, 0.3) is 0 Å². The molecule has 0 aliphatic carbocycles. The summed E-state index contributed by atoms with van der Waals surface area (Å²) in [6, 6.07) is 7.00. The van der Waals surface area contributed by atoms with Crippen molar-refractivity contribution in [3.8, 4) is 5.75 Å². The second-order valence-electron chi connectivity index (χ2n) is 5.11. The van der Waals surface area contributed by atoms with E-state index in [0.717, 1.165) is 6.07 Å². The van der Waals surface area contributed by atoms with Crippen molar-refractivity contribution in [3.63, 3.8) is 0 Å². The van der Waals surface area contributed by atoms with Gasteiger partial charge in [0.1, 0.15) is 11.4 Å². The fraction of sp³-hybridized carbons (Fsp3) is 0.267. The predicted octanol–water partition coefficient (Wildman–Crippen LogP) is 3.74. The summed E-state index contributed by atoms with van der Waals surface area (Å²) in [5, 5.41) is -0.376. The lowest BCUT2D eigenvalue weighted by atomic mass is 9.82. The van der Waals surface area contributed by atoms with Gasteiger partial charge in [-0.05, 0) is 29.8 Å². The number of nitrogens with zero attached hydrogens (tertiary/aromatic N) is 1. The molecule has 0 saturated carbocycles. The number of halogens is 4. The third-order valence-corrected chi connectivity index (χ3v) is 4.05. The first kappa shape index (κ1) is 15.1. The minimum Gasteiger partial charge on any atom is -0.491 e. The van der Waals surface area contributed by atoms with Crippen LogP contribution in [-0.2, 0) is 11.7 Å². The topological polar surface area (TPSA) is 48.1 Å². The Morgan fingerprint density at radius 3 is 2.73 bits per heavy atom. The summed E-state index contributed by atoms with van der Waals surface area (Å²) in [6.07, 6.45) is -2.53. The summed E-state index contributed by atoms with van der Waals surface area (Å²) in [7, 11) is 0. The van der Waals surface area contributed by atoms with Crippen molar-refractivity contribution < 1.29 is 17.9 Å². The van der Waals surface area contributed by atoms with Crippen LogP contribution in [0.3, 0.4) is 0 Å². The van der Waals surface area contributed by atoms with E-state index >= 15 is 0 Å². The van der Waals surface area contributed by atoms with Gasteiger partial charge in [-0.15, -0.1) is 0 Å². The Hall–Kier alpha value is -1.79. The van der Waals surface area contributed by atoms with Crippen LogP contribution < -0.4 is 10.5 Å². The van der Waals surface area contributed by atoms with Gasteiger partial charge < -0.3 is 10.5 Å². The average Bonchev–Trinajstić information content (AvgIpc) is 2.46. The van der Waals surface area contributed by atoms with E-state index in [1.54, 1.807) is 18.3 Å². The molecule has 0 amide bonds. The molecule has 0 fully saturated rings. The fourth-order valence-electron chi connectivity index (χ4n) is 2.59. The van der Waals surface area contributed by atoms with Crippen molar-refractivity contribution in [1.82, 2.24) is 4.98 Å². The molecule has 116 valence electrons. The van der Waals surface area contributed by atoms with Gasteiger partial charge in [0.2, 0.25) is 0 Å². The Bertz CT molecular complexity index is 720. The highest BCUT2D eigenvalue weighted by Gasteiger charge is 2.39. The van der Waals surface area contributed by atoms with Crippen molar-refractivity contribution in [2.24, 2.45) is 5.73 Å². The van der Waals surface area contributed by atoms with Gasteiger partial charge in [-0.25, -0.2) is 0 Å². The molecule has 3 rings (SSSR count). The molecule has 0 bridgehead atoms. The van der Waals surface area contributed by atoms with E-state index < -0.39 is 17.3 Å². The van der Waals surface area contributed by atoms with Gasteiger partial charge in [0.25, 0.3) is 0 Å². The Morgan fingerprint density at radius 1 is 1.27 bits per heavy atom. The summed E-state index contributed by atoms with van der Waals surface area (Å²) in [5.74, 6) is 0.535. The Morgan fingerprint density at radius 2 is 2.05 bits per heavy atom. The first-order valence-electron chi connectivity index (χ1n) is 6.57. The highest BCUT2D eigenvalue weighted by molar-refractivity contribution is 6.31. The summed E-state index contributed by atoms with van der Waals surface area (Å²) < 4.78 is 43.9. The standard InChI is InChI=1S/C15H12ClF3N2O/c16-11-8-9(3-4-10(11)15(17,18)19)14(20)5-7-22-12-2-1-6-21-13(12)14/h1-4,6,8H,5,7,20H2/t14-/m0/s1. The number of ether oxygens (including phenoxy) is 1. The van der Waals surface area contributed by atoms with Crippen LogP contribution >= 0.6 is 11.6 Å². The lowest BCUT2D eigenvalue weighted by Gasteiger charge is -2.35. The smallest absolute Gasteiger partial charge is 0.417 e. The molecule has 3 nitrogen and oxygen atoms in total. The number of alkyl halides is 3. The number of nitrogens with two attached hydrogens (primary N) is 1. The second kappa shape index (κ2) is 5.14. The van der Waals surface area contributed by atoms with Crippen LogP contribution in [0.1, 0.15) is 23.2 Å². The average molecular weight is 329 g/mol. The molecule has 2 N–H and O–H groups in total. The van der Waals surface area contributed by atoms with Crippen LogP contribution in [0.2, 0.25) is 5.02 Å². The molecule has 1 aromatic heterocycles. The summed E-state index contributed by atoms with van der Waals surface area (Å²) in [5.41, 5.74) is 5.51. The molecule has 2 heterocycles. The zero-order valence-corrected chi connectivity index (χ0v) is 12.1. The SMILES string of the molecule is N[C@]1(c2ccc(C(F)(F)F)c(Cl)c2)CCOc2cccnc21. The summed E-state index contributed by atoms with van der Waals surface area (Å²) in [4.78, 5) is 4.23. The van der Waals surface area contributed by atoms with Crippen LogP contribution in [0.15, 0.2) is 36.5 Å². The highest BCUT2D eigenvalue weighted by Crippen LogP contribution is 2.41. The van der Waals surface area contributed by atoms with E-state index in [1.807, 2.05) is 0 Å².